The van der Waals surface area contributed by atoms with Gasteiger partial charge in [-0.25, -0.2) is 0 Å². The second-order valence-corrected chi connectivity index (χ2v) is 7.97. The molecule has 1 unspecified atom stereocenters. The van der Waals surface area contributed by atoms with Crippen molar-refractivity contribution in [3.8, 4) is 0 Å². The van der Waals surface area contributed by atoms with Crippen LogP contribution >= 0.6 is 22.6 Å². The van der Waals surface area contributed by atoms with E-state index in [1.54, 1.807) is 6.92 Å². The molecule has 1 fully saturated rings. The molecule has 1 rings (SSSR count). The normalized spacial score (nSPS) is 18.1. The first kappa shape index (κ1) is 18.7. The van der Waals surface area contributed by atoms with E-state index >= 15 is 0 Å². The van der Waals surface area contributed by atoms with Gasteiger partial charge < -0.3 is 14.8 Å². The maximum atomic E-state index is 11.9. The van der Waals surface area contributed by atoms with E-state index in [1.165, 1.54) is 0 Å². The van der Waals surface area contributed by atoms with E-state index < -0.39 is 5.60 Å². The van der Waals surface area contributed by atoms with Gasteiger partial charge in [0.05, 0.1) is 19.7 Å². The number of hydrogen-bond acceptors (Lipinski definition) is 4. The van der Waals surface area contributed by atoms with Crippen LogP contribution in [0.3, 0.4) is 0 Å². The largest absolute Gasteiger partial charge is 0.465 e. The third kappa shape index (κ3) is 6.95. The fourth-order valence-electron chi connectivity index (χ4n) is 2.55. The Kier molecular flexibility index (Phi) is 7.94. The number of halogens is 1. The standard InChI is InChI=1S/C15H26INO4/c1-11(16)14(19)20-10-4-5-13(18)21-15(2,3)12-6-8-17-9-7-12/h11-12,17H,4-10H2,1-3H3/p+1. The third-order valence-electron chi connectivity index (χ3n) is 3.89. The van der Waals surface area contributed by atoms with Crippen LogP contribution in [-0.4, -0.2) is 41.2 Å². The molecule has 0 aromatic heterocycles. The number of carbonyl (C=O) groups excluding carboxylic acids is 2. The van der Waals surface area contributed by atoms with E-state index in [9.17, 15) is 9.59 Å². The van der Waals surface area contributed by atoms with Gasteiger partial charge in [0.25, 0.3) is 0 Å². The number of alkyl halides is 1. The smallest absolute Gasteiger partial charge is 0.318 e. The Morgan fingerprint density at radius 2 is 1.95 bits per heavy atom. The van der Waals surface area contributed by atoms with Crippen molar-refractivity contribution in [3.63, 3.8) is 0 Å². The van der Waals surface area contributed by atoms with Gasteiger partial charge in [-0.2, -0.15) is 0 Å². The summed E-state index contributed by atoms with van der Waals surface area (Å²) in [5, 5.41) is 2.30. The molecule has 2 N–H and O–H groups in total. The Morgan fingerprint density at radius 1 is 1.33 bits per heavy atom. The molecular weight excluding hydrogens is 385 g/mol. The molecule has 0 spiro atoms. The minimum absolute atomic E-state index is 0.156. The van der Waals surface area contributed by atoms with Crippen molar-refractivity contribution in [1.29, 1.82) is 0 Å². The second-order valence-electron chi connectivity index (χ2n) is 6.10. The molecule has 0 aliphatic carbocycles. The van der Waals surface area contributed by atoms with Crippen molar-refractivity contribution in [3.05, 3.63) is 0 Å². The molecule has 1 saturated heterocycles. The Morgan fingerprint density at radius 3 is 2.52 bits per heavy atom. The molecule has 0 aromatic carbocycles. The van der Waals surface area contributed by atoms with Crippen LogP contribution in [0.2, 0.25) is 0 Å². The van der Waals surface area contributed by atoms with Crippen molar-refractivity contribution in [2.45, 2.75) is 56.0 Å². The number of rotatable bonds is 7. The molecule has 21 heavy (non-hydrogen) atoms. The molecule has 6 heteroatoms. The lowest BCUT2D eigenvalue weighted by atomic mass is 9.83. The first-order valence-electron chi connectivity index (χ1n) is 7.67. The van der Waals surface area contributed by atoms with E-state index in [0.717, 1.165) is 25.9 Å². The van der Waals surface area contributed by atoms with E-state index in [0.29, 0.717) is 18.8 Å². The van der Waals surface area contributed by atoms with Crippen LogP contribution in [0.4, 0.5) is 0 Å². The number of piperidine rings is 1. The van der Waals surface area contributed by atoms with Crippen LogP contribution in [0.5, 0.6) is 0 Å². The van der Waals surface area contributed by atoms with Gasteiger partial charge >= 0.3 is 11.9 Å². The second kappa shape index (κ2) is 8.92. The average Bonchev–Trinajstić information content (AvgIpc) is 2.43. The lowest BCUT2D eigenvalue weighted by Crippen LogP contribution is -2.86. The van der Waals surface area contributed by atoms with Crippen molar-refractivity contribution in [2.24, 2.45) is 5.92 Å². The lowest BCUT2D eigenvalue weighted by Gasteiger charge is -2.35. The van der Waals surface area contributed by atoms with Crippen LogP contribution in [0, 0.1) is 5.92 Å². The zero-order valence-corrected chi connectivity index (χ0v) is 15.4. The third-order valence-corrected chi connectivity index (χ3v) is 4.40. The minimum atomic E-state index is -0.404. The summed E-state index contributed by atoms with van der Waals surface area (Å²) in [4.78, 5) is 23.2. The number of carbonyl (C=O) groups is 2. The summed E-state index contributed by atoms with van der Waals surface area (Å²) in [6.45, 7) is 8.27. The van der Waals surface area contributed by atoms with Gasteiger partial charge in [-0.15, -0.1) is 0 Å². The molecule has 0 amide bonds. The number of ether oxygens (including phenoxy) is 2. The molecule has 0 saturated carbocycles. The molecule has 5 nitrogen and oxygen atoms in total. The summed E-state index contributed by atoms with van der Waals surface area (Å²) in [6, 6.07) is 0. The van der Waals surface area contributed by atoms with Crippen molar-refractivity contribution in [2.75, 3.05) is 19.7 Å². The summed E-state index contributed by atoms with van der Waals surface area (Å²) in [7, 11) is 0. The molecule has 1 aliphatic heterocycles. The first-order valence-corrected chi connectivity index (χ1v) is 8.91. The zero-order chi connectivity index (χ0) is 15.9. The monoisotopic (exact) mass is 412 g/mol. The highest BCUT2D eigenvalue weighted by molar-refractivity contribution is 14.1. The Labute approximate surface area is 140 Å². The van der Waals surface area contributed by atoms with Gasteiger partial charge in [0.15, 0.2) is 0 Å². The van der Waals surface area contributed by atoms with Crippen LogP contribution in [0.1, 0.15) is 46.5 Å². The Hall–Kier alpha value is -0.370. The molecule has 122 valence electrons. The van der Waals surface area contributed by atoms with Gasteiger partial charge in [0, 0.05) is 25.2 Å². The summed E-state index contributed by atoms with van der Waals surface area (Å²) in [5.74, 6) is 0.0000227. The molecule has 0 bridgehead atoms. The molecular formula is C15H27INO4+. The highest BCUT2D eigenvalue weighted by Gasteiger charge is 2.35. The fraction of sp³-hybridized carbons (Fsp3) is 0.867. The summed E-state index contributed by atoms with van der Waals surface area (Å²) in [5.41, 5.74) is -0.404. The number of nitrogens with two attached hydrogens (primary N) is 1. The van der Waals surface area contributed by atoms with E-state index in [4.69, 9.17) is 9.47 Å². The fourth-order valence-corrected chi connectivity index (χ4v) is 2.73. The lowest BCUT2D eigenvalue weighted by molar-refractivity contribution is -0.665. The minimum Gasteiger partial charge on any atom is -0.465 e. The highest BCUT2D eigenvalue weighted by atomic mass is 127. The summed E-state index contributed by atoms with van der Waals surface area (Å²) >= 11 is 2.01. The zero-order valence-electron chi connectivity index (χ0n) is 13.2. The maximum absolute atomic E-state index is 11.9. The van der Waals surface area contributed by atoms with Crippen LogP contribution in [0.15, 0.2) is 0 Å². The van der Waals surface area contributed by atoms with Crippen molar-refractivity contribution >= 4 is 34.5 Å². The van der Waals surface area contributed by atoms with Crippen molar-refractivity contribution < 1.29 is 24.4 Å². The average molecular weight is 412 g/mol. The topological polar surface area (TPSA) is 69.2 Å². The van der Waals surface area contributed by atoms with Gasteiger partial charge in [-0.1, -0.05) is 22.6 Å². The van der Waals surface area contributed by atoms with Crippen molar-refractivity contribution in [1.82, 2.24) is 0 Å². The predicted octanol–water partition coefficient (Wildman–Crippen LogP) is 1.43. The SMILES string of the molecule is CC(I)C(=O)OCCCC(=O)OC(C)(C)C1CC[NH2+]CC1. The van der Waals surface area contributed by atoms with Crippen LogP contribution in [-0.2, 0) is 19.1 Å². The van der Waals surface area contributed by atoms with E-state index in [-0.39, 0.29) is 22.5 Å². The first-order chi connectivity index (χ1) is 9.83. The van der Waals surface area contributed by atoms with E-state index in [2.05, 4.69) is 5.32 Å². The van der Waals surface area contributed by atoms with E-state index in [1.807, 2.05) is 36.4 Å². The predicted molar refractivity (Wildman–Crippen MR) is 88.2 cm³/mol. The molecule has 1 atom stereocenters. The quantitative estimate of drug-likeness (QED) is 0.297. The number of quaternary nitrogens is 1. The number of hydrogen-bond donors (Lipinski definition) is 1. The van der Waals surface area contributed by atoms with Gasteiger partial charge in [0.2, 0.25) is 0 Å². The van der Waals surface area contributed by atoms with Crippen LogP contribution < -0.4 is 5.32 Å². The maximum Gasteiger partial charge on any atom is 0.318 e. The molecule has 0 aromatic rings. The summed E-state index contributed by atoms with van der Waals surface area (Å²) < 4.78 is 10.5. The number of esters is 2. The van der Waals surface area contributed by atoms with Gasteiger partial charge in [-0.3, -0.25) is 9.59 Å². The highest BCUT2D eigenvalue weighted by Crippen LogP contribution is 2.28. The molecule has 1 heterocycles. The summed E-state index contributed by atoms with van der Waals surface area (Å²) in [6.07, 6.45) is 2.99. The molecule has 0 radical (unpaired) electrons. The Bertz CT molecular complexity index is 352. The van der Waals surface area contributed by atoms with Crippen LogP contribution in [0.25, 0.3) is 0 Å². The van der Waals surface area contributed by atoms with Gasteiger partial charge in [0.1, 0.15) is 9.53 Å². The van der Waals surface area contributed by atoms with Gasteiger partial charge in [-0.05, 0) is 27.2 Å². The molecule has 1 aliphatic rings. The Balaban J connectivity index is 2.24.